The number of rotatable bonds is 3. The summed E-state index contributed by atoms with van der Waals surface area (Å²) in [7, 11) is -3.92. The molecule has 0 spiro atoms. The minimum absolute atomic E-state index is 0.0509. The molecule has 110 valence electrons. The standard InChI is InChI=1S/C12H7ClN6O2S/c13-10-6-9(3-2-8(10)7-14)22(20,21)18-11-16-12-15-4-1-5-19(12)17-11/h1-6H,(H,17,18). The number of hydrogen-bond acceptors (Lipinski definition) is 6. The normalized spacial score (nSPS) is 11.3. The summed E-state index contributed by atoms with van der Waals surface area (Å²) in [6, 6.07) is 7.30. The molecule has 0 radical (unpaired) electrons. The first-order chi connectivity index (χ1) is 10.5. The van der Waals surface area contributed by atoms with Crippen LogP contribution in [0.2, 0.25) is 5.02 Å². The highest BCUT2D eigenvalue weighted by Gasteiger charge is 2.18. The van der Waals surface area contributed by atoms with E-state index >= 15 is 0 Å². The molecule has 0 atom stereocenters. The fraction of sp³-hybridized carbons (Fsp3) is 0. The molecule has 0 aliphatic carbocycles. The first-order valence-corrected chi connectivity index (χ1v) is 7.75. The van der Waals surface area contributed by atoms with Crippen LogP contribution in [0, 0.1) is 11.3 Å². The molecule has 3 aromatic rings. The molecule has 8 nitrogen and oxygen atoms in total. The van der Waals surface area contributed by atoms with Crippen LogP contribution in [-0.4, -0.2) is 28.0 Å². The number of nitrogens with one attached hydrogen (secondary N) is 1. The Morgan fingerprint density at radius 1 is 1.36 bits per heavy atom. The van der Waals surface area contributed by atoms with Gasteiger partial charge in [-0.05, 0) is 24.3 Å². The average Bonchev–Trinajstić information content (AvgIpc) is 2.88. The molecule has 0 fully saturated rings. The Kier molecular flexibility index (Phi) is 3.40. The van der Waals surface area contributed by atoms with Gasteiger partial charge in [-0.2, -0.15) is 10.2 Å². The van der Waals surface area contributed by atoms with Crippen LogP contribution in [0.25, 0.3) is 5.78 Å². The zero-order valence-electron chi connectivity index (χ0n) is 10.8. The molecule has 0 aliphatic rings. The lowest BCUT2D eigenvalue weighted by molar-refractivity contribution is 0.601. The monoisotopic (exact) mass is 334 g/mol. The molecule has 2 aromatic heterocycles. The molecule has 0 aliphatic heterocycles. The van der Waals surface area contributed by atoms with Crippen LogP contribution in [0.1, 0.15) is 5.56 Å². The van der Waals surface area contributed by atoms with Crippen molar-refractivity contribution in [1.29, 1.82) is 5.26 Å². The summed E-state index contributed by atoms with van der Waals surface area (Å²) in [5, 5.41) is 12.8. The Labute approximate surface area is 130 Å². The van der Waals surface area contributed by atoms with Gasteiger partial charge in [0.25, 0.3) is 21.7 Å². The van der Waals surface area contributed by atoms with E-state index in [-0.39, 0.29) is 27.2 Å². The van der Waals surface area contributed by atoms with Crippen molar-refractivity contribution in [3.8, 4) is 6.07 Å². The number of aromatic nitrogens is 4. The van der Waals surface area contributed by atoms with E-state index in [0.717, 1.165) is 0 Å². The van der Waals surface area contributed by atoms with Crippen molar-refractivity contribution in [1.82, 2.24) is 19.6 Å². The summed E-state index contributed by atoms with van der Waals surface area (Å²) < 4.78 is 28.1. The molecule has 0 unspecified atom stereocenters. The second-order valence-corrected chi connectivity index (χ2v) is 6.25. The fourth-order valence-electron chi connectivity index (χ4n) is 1.71. The quantitative estimate of drug-likeness (QED) is 0.775. The van der Waals surface area contributed by atoms with Crippen LogP contribution < -0.4 is 4.72 Å². The highest BCUT2D eigenvalue weighted by molar-refractivity contribution is 7.92. The molecule has 3 rings (SSSR count). The number of halogens is 1. The smallest absolute Gasteiger partial charge is 0.246 e. The fourth-order valence-corrected chi connectivity index (χ4v) is 2.96. The predicted molar refractivity (Wildman–Crippen MR) is 77.8 cm³/mol. The third-order valence-corrected chi connectivity index (χ3v) is 4.35. The van der Waals surface area contributed by atoms with Crippen molar-refractivity contribution in [2.75, 3.05) is 4.72 Å². The number of benzene rings is 1. The Morgan fingerprint density at radius 3 is 2.86 bits per heavy atom. The Balaban J connectivity index is 1.96. The van der Waals surface area contributed by atoms with Gasteiger partial charge in [0.2, 0.25) is 0 Å². The molecule has 22 heavy (non-hydrogen) atoms. The van der Waals surface area contributed by atoms with Crippen molar-refractivity contribution in [2.24, 2.45) is 0 Å². The van der Waals surface area contributed by atoms with Gasteiger partial charge in [0.15, 0.2) is 0 Å². The van der Waals surface area contributed by atoms with E-state index in [9.17, 15) is 8.42 Å². The van der Waals surface area contributed by atoms with Crippen LogP contribution in [0.3, 0.4) is 0 Å². The number of fused-ring (bicyclic) bond motifs is 1. The van der Waals surface area contributed by atoms with Crippen LogP contribution in [0.4, 0.5) is 5.95 Å². The second-order valence-electron chi connectivity index (χ2n) is 4.16. The predicted octanol–water partition coefficient (Wildman–Crippen LogP) is 1.45. The lowest BCUT2D eigenvalue weighted by atomic mass is 10.2. The van der Waals surface area contributed by atoms with Crippen LogP contribution >= 0.6 is 11.6 Å². The van der Waals surface area contributed by atoms with E-state index in [1.807, 2.05) is 6.07 Å². The number of hydrogen-bond donors (Lipinski definition) is 1. The summed E-state index contributed by atoms with van der Waals surface area (Å²) in [5.41, 5.74) is 0.190. The zero-order valence-corrected chi connectivity index (χ0v) is 12.4. The van der Waals surface area contributed by atoms with Gasteiger partial charge in [-0.3, -0.25) is 0 Å². The lowest BCUT2D eigenvalue weighted by Crippen LogP contribution is -2.14. The highest BCUT2D eigenvalue weighted by atomic mass is 35.5. The molecule has 0 saturated heterocycles. The second kappa shape index (κ2) is 5.25. The van der Waals surface area contributed by atoms with Crippen LogP contribution in [0.15, 0.2) is 41.6 Å². The molecule has 0 amide bonds. The number of nitrogens with zero attached hydrogens (tertiary/aromatic N) is 5. The molecule has 2 heterocycles. The SMILES string of the molecule is N#Cc1ccc(S(=O)(=O)Nc2nc3ncccn3n2)cc1Cl. The van der Waals surface area contributed by atoms with Crippen LogP contribution in [-0.2, 0) is 10.0 Å². The average molecular weight is 335 g/mol. The van der Waals surface area contributed by atoms with Gasteiger partial charge in [-0.25, -0.2) is 22.6 Å². The molecule has 0 saturated carbocycles. The van der Waals surface area contributed by atoms with Crippen molar-refractivity contribution in [3.05, 3.63) is 47.2 Å². The van der Waals surface area contributed by atoms with E-state index < -0.39 is 10.0 Å². The summed E-state index contributed by atoms with van der Waals surface area (Å²) in [6.07, 6.45) is 3.11. The van der Waals surface area contributed by atoms with Gasteiger partial charge in [0, 0.05) is 12.4 Å². The Hall–Kier alpha value is -2.70. The zero-order chi connectivity index (χ0) is 15.7. The minimum Gasteiger partial charge on any atom is -0.246 e. The number of sulfonamides is 1. The molecular formula is C12H7ClN6O2S. The Morgan fingerprint density at radius 2 is 2.18 bits per heavy atom. The molecule has 1 aromatic carbocycles. The maximum atomic E-state index is 12.3. The van der Waals surface area contributed by atoms with E-state index in [1.54, 1.807) is 12.3 Å². The summed E-state index contributed by atoms with van der Waals surface area (Å²) in [4.78, 5) is 7.79. The maximum Gasteiger partial charge on any atom is 0.264 e. The third kappa shape index (κ3) is 2.57. The lowest BCUT2D eigenvalue weighted by Gasteiger charge is -2.05. The molecule has 10 heteroatoms. The minimum atomic E-state index is -3.92. The Bertz CT molecular complexity index is 975. The largest absolute Gasteiger partial charge is 0.264 e. The summed E-state index contributed by atoms with van der Waals surface area (Å²) in [6.45, 7) is 0. The molecule has 0 bridgehead atoms. The first kappa shape index (κ1) is 14.2. The highest BCUT2D eigenvalue weighted by Crippen LogP contribution is 2.21. The van der Waals surface area contributed by atoms with Gasteiger partial charge in [0.1, 0.15) is 6.07 Å². The van der Waals surface area contributed by atoms with Crippen molar-refractivity contribution < 1.29 is 8.42 Å². The van der Waals surface area contributed by atoms with Gasteiger partial charge >= 0.3 is 0 Å². The van der Waals surface area contributed by atoms with Gasteiger partial charge in [-0.1, -0.05) is 11.6 Å². The maximum absolute atomic E-state index is 12.3. The number of nitriles is 1. The number of anilines is 1. The van der Waals surface area contributed by atoms with E-state index in [0.29, 0.717) is 0 Å². The van der Waals surface area contributed by atoms with Crippen molar-refractivity contribution in [2.45, 2.75) is 4.90 Å². The van der Waals surface area contributed by atoms with Crippen molar-refractivity contribution >= 4 is 33.4 Å². The van der Waals surface area contributed by atoms with E-state index in [1.165, 1.54) is 28.9 Å². The van der Waals surface area contributed by atoms with Gasteiger partial charge < -0.3 is 0 Å². The van der Waals surface area contributed by atoms with Crippen LogP contribution in [0.5, 0.6) is 0 Å². The third-order valence-electron chi connectivity index (χ3n) is 2.71. The summed E-state index contributed by atoms with van der Waals surface area (Å²) in [5.74, 6) is 0.150. The first-order valence-electron chi connectivity index (χ1n) is 5.89. The molecular weight excluding hydrogens is 328 g/mol. The van der Waals surface area contributed by atoms with E-state index in [4.69, 9.17) is 16.9 Å². The summed E-state index contributed by atoms with van der Waals surface area (Å²) >= 11 is 5.84. The topological polar surface area (TPSA) is 113 Å². The van der Waals surface area contributed by atoms with Gasteiger partial charge in [0.05, 0.1) is 15.5 Å². The van der Waals surface area contributed by atoms with E-state index in [2.05, 4.69) is 19.8 Å². The molecule has 1 N–H and O–H groups in total. The van der Waals surface area contributed by atoms with Gasteiger partial charge in [-0.15, -0.1) is 5.10 Å². The van der Waals surface area contributed by atoms with Crippen molar-refractivity contribution in [3.63, 3.8) is 0 Å².